The molecule has 3 aromatic rings. The number of fused-ring (bicyclic) bond motifs is 1. The summed E-state index contributed by atoms with van der Waals surface area (Å²) >= 11 is 0. The number of amides is 1. The molecule has 29 heavy (non-hydrogen) atoms. The number of pyridine rings is 1. The lowest BCUT2D eigenvalue weighted by Crippen LogP contribution is -2.34. The fourth-order valence-corrected chi connectivity index (χ4v) is 4.50. The molecule has 1 amide bonds. The van der Waals surface area contributed by atoms with Gasteiger partial charge in [-0.2, -0.15) is 0 Å². The molecule has 152 valence electrons. The molecule has 1 aliphatic carbocycles. The van der Waals surface area contributed by atoms with Crippen LogP contribution in [0.5, 0.6) is 0 Å². The van der Waals surface area contributed by atoms with E-state index in [2.05, 4.69) is 40.4 Å². The quantitative estimate of drug-likeness (QED) is 0.531. The molecule has 1 saturated carbocycles. The fraction of sp³-hybridized carbons (Fsp3) is 0.440. The lowest BCUT2D eigenvalue weighted by Gasteiger charge is -2.16. The Bertz CT molecular complexity index is 953. The summed E-state index contributed by atoms with van der Waals surface area (Å²) in [5, 5.41) is 4.52. The smallest absolute Gasteiger partial charge is 0.220 e. The van der Waals surface area contributed by atoms with Crippen LogP contribution in [0.25, 0.3) is 22.3 Å². The van der Waals surface area contributed by atoms with Crippen molar-refractivity contribution < 1.29 is 4.79 Å². The topological polar surface area (TPSA) is 57.8 Å². The molecule has 4 nitrogen and oxygen atoms in total. The van der Waals surface area contributed by atoms with Crippen LogP contribution >= 0.6 is 0 Å². The van der Waals surface area contributed by atoms with E-state index in [9.17, 15) is 4.79 Å². The van der Waals surface area contributed by atoms with Crippen molar-refractivity contribution in [2.75, 3.05) is 0 Å². The van der Waals surface area contributed by atoms with Crippen molar-refractivity contribution in [3.8, 4) is 11.4 Å². The molecule has 1 aromatic carbocycles. The van der Waals surface area contributed by atoms with Crippen LogP contribution in [0.4, 0.5) is 0 Å². The van der Waals surface area contributed by atoms with E-state index < -0.39 is 0 Å². The van der Waals surface area contributed by atoms with E-state index >= 15 is 0 Å². The zero-order chi connectivity index (χ0) is 20.1. The first kappa shape index (κ1) is 19.7. The highest BCUT2D eigenvalue weighted by atomic mass is 16.1. The van der Waals surface area contributed by atoms with Crippen molar-refractivity contribution in [2.24, 2.45) is 0 Å². The molecule has 1 aliphatic rings. The van der Waals surface area contributed by atoms with E-state index in [1.54, 1.807) is 0 Å². The molecule has 0 bridgehead atoms. The van der Waals surface area contributed by atoms with Gasteiger partial charge in [0, 0.05) is 29.6 Å². The minimum Gasteiger partial charge on any atom is -0.353 e. The normalized spacial score (nSPS) is 15.3. The lowest BCUT2D eigenvalue weighted by molar-refractivity contribution is -0.121. The van der Waals surface area contributed by atoms with Gasteiger partial charge in [-0.15, -0.1) is 0 Å². The van der Waals surface area contributed by atoms with Gasteiger partial charge in [0.1, 0.15) is 0 Å². The first-order valence-electron chi connectivity index (χ1n) is 11.0. The number of nitrogens with one attached hydrogen (secondary N) is 2. The van der Waals surface area contributed by atoms with Gasteiger partial charge in [-0.25, -0.2) is 0 Å². The number of nitrogens with zero attached hydrogens (tertiary/aromatic N) is 1. The molecule has 2 aromatic heterocycles. The minimum atomic E-state index is 0.201. The molecule has 0 saturated heterocycles. The third-order valence-corrected chi connectivity index (χ3v) is 6.03. The zero-order valence-electron chi connectivity index (χ0n) is 17.3. The summed E-state index contributed by atoms with van der Waals surface area (Å²) in [4.78, 5) is 20.6. The van der Waals surface area contributed by atoms with Gasteiger partial charge >= 0.3 is 0 Å². The highest BCUT2D eigenvalue weighted by Gasteiger charge is 2.17. The number of carbonyl (C=O) groups excluding carboxylic acids is 1. The summed E-state index contributed by atoms with van der Waals surface area (Å²) in [5.74, 6) is 0.201. The number of aryl methyl sites for hydroxylation is 2. The maximum Gasteiger partial charge on any atom is 0.220 e. The highest BCUT2D eigenvalue weighted by Crippen LogP contribution is 2.31. The summed E-state index contributed by atoms with van der Waals surface area (Å²) < 4.78 is 0. The van der Waals surface area contributed by atoms with E-state index in [0.717, 1.165) is 42.6 Å². The number of carbonyl (C=O) groups is 1. The molecule has 0 aliphatic heterocycles. The third-order valence-electron chi connectivity index (χ3n) is 6.03. The van der Waals surface area contributed by atoms with E-state index in [0.29, 0.717) is 12.5 Å². The van der Waals surface area contributed by atoms with Gasteiger partial charge in [0.15, 0.2) is 0 Å². The molecule has 4 rings (SSSR count). The predicted octanol–water partition coefficient (Wildman–Crippen LogP) is 5.70. The van der Waals surface area contributed by atoms with Crippen molar-refractivity contribution in [3.05, 3.63) is 53.7 Å². The van der Waals surface area contributed by atoms with Crippen LogP contribution in [-0.4, -0.2) is 21.9 Å². The van der Waals surface area contributed by atoms with Crippen molar-refractivity contribution in [2.45, 2.75) is 70.8 Å². The number of aromatic amines is 1. The van der Waals surface area contributed by atoms with E-state index in [-0.39, 0.29) is 5.91 Å². The Morgan fingerprint density at radius 1 is 1.14 bits per heavy atom. The van der Waals surface area contributed by atoms with Crippen LogP contribution in [0.2, 0.25) is 0 Å². The van der Waals surface area contributed by atoms with Crippen LogP contribution in [0.15, 0.2) is 42.6 Å². The van der Waals surface area contributed by atoms with Crippen LogP contribution in [-0.2, 0) is 11.2 Å². The molecule has 4 heteroatoms. The van der Waals surface area contributed by atoms with Crippen LogP contribution in [0.1, 0.15) is 62.5 Å². The highest BCUT2D eigenvalue weighted by molar-refractivity contribution is 5.90. The molecule has 2 heterocycles. The lowest BCUT2D eigenvalue weighted by atomic mass is 10.0. The number of H-pyrrole nitrogens is 1. The predicted molar refractivity (Wildman–Crippen MR) is 119 cm³/mol. The summed E-state index contributed by atoms with van der Waals surface area (Å²) in [7, 11) is 0. The summed E-state index contributed by atoms with van der Waals surface area (Å²) in [6.07, 6.45) is 11.5. The third kappa shape index (κ3) is 4.87. The number of hydrogen-bond acceptors (Lipinski definition) is 2. The number of aromatic nitrogens is 2. The van der Waals surface area contributed by atoms with Crippen LogP contribution in [0.3, 0.4) is 0 Å². The van der Waals surface area contributed by atoms with Crippen molar-refractivity contribution in [3.63, 3.8) is 0 Å². The summed E-state index contributed by atoms with van der Waals surface area (Å²) in [5.41, 5.74) is 5.69. The molecule has 0 radical (unpaired) electrons. The summed E-state index contributed by atoms with van der Waals surface area (Å²) in [6.45, 7) is 2.12. The van der Waals surface area contributed by atoms with Gasteiger partial charge in [-0.05, 0) is 62.4 Å². The average molecular weight is 390 g/mol. The van der Waals surface area contributed by atoms with Gasteiger partial charge in [-0.3, -0.25) is 9.78 Å². The van der Waals surface area contributed by atoms with Crippen molar-refractivity contribution in [1.29, 1.82) is 0 Å². The molecule has 2 N–H and O–H groups in total. The number of benzene rings is 1. The first-order valence-corrected chi connectivity index (χ1v) is 11.0. The van der Waals surface area contributed by atoms with Crippen molar-refractivity contribution >= 4 is 16.8 Å². The second kappa shape index (κ2) is 9.25. The zero-order valence-corrected chi connectivity index (χ0v) is 17.3. The van der Waals surface area contributed by atoms with E-state index in [1.807, 2.05) is 24.4 Å². The minimum absolute atomic E-state index is 0.201. The summed E-state index contributed by atoms with van der Waals surface area (Å²) in [6, 6.07) is 12.9. The molecule has 0 unspecified atom stereocenters. The fourth-order valence-electron chi connectivity index (χ4n) is 4.50. The van der Waals surface area contributed by atoms with Gasteiger partial charge in [0.05, 0.1) is 11.4 Å². The maximum absolute atomic E-state index is 12.5. The van der Waals surface area contributed by atoms with E-state index in [4.69, 9.17) is 0 Å². The Balaban J connectivity index is 1.47. The second-order valence-electron chi connectivity index (χ2n) is 8.35. The number of rotatable bonds is 6. The Hall–Kier alpha value is -2.62. The van der Waals surface area contributed by atoms with Crippen LogP contribution < -0.4 is 5.32 Å². The van der Waals surface area contributed by atoms with E-state index in [1.165, 1.54) is 42.2 Å². The monoisotopic (exact) mass is 389 g/mol. The van der Waals surface area contributed by atoms with Gasteiger partial charge < -0.3 is 10.3 Å². The molecular weight excluding hydrogens is 358 g/mol. The Morgan fingerprint density at radius 3 is 2.72 bits per heavy atom. The first-order chi connectivity index (χ1) is 14.2. The van der Waals surface area contributed by atoms with Crippen LogP contribution in [0, 0.1) is 6.92 Å². The SMILES string of the molecule is Cc1ccc2[nH]c(-c3ccccn3)c(CCCC(=O)NC3CCCCCC3)c2c1. The standard InChI is InChI=1S/C25H31N3O/c1-18-14-15-22-21(17-18)20(25(28-22)23-12-6-7-16-26-23)11-8-13-24(29)27-19-9-4-2-3-5-10-19/h6-7,12,14-17,19,28H,2-5,8-11,13H2,1H3,(H,27,29). The Labute approximate surface area is 173 Å². The molecule has 1 fully saturated rings. The Morgan fingerprint density at radius 2 is 1.97 bits per heavy atom. The van der Waals surface area contributed by atoms with Gasteiger partial charge in [0.25, 0.3) is 0 Å². The average Bonchev–Trinajstić information content (AvgIpc) is 2.89. The van der Waals surface area contributed by atoms with Gasteiger partial charge in [-0.1, -0.05) is 43.4 Å². The molecule has 0 atom stereocenters. The number of hydrogen-bond donors (Lipinski definition) is 2. The largest absolute Gasteiger partial charge is 0.353 e. The van der Waals surface area contributed by atoms with Crippen molar-refractivity contribution in [1.82, 2.24) is 15.3 Å². The van der Waals surface area contributed by atoms with Gasteiger partial charge in [0.2, 0.25) is 5.91 Å². The maximum atomic E-state index is 12.5. The molecule has 0 spiro atoms. The Kier molecular flexibility index (Phi) is 6.28. The second-order valence-corrected chi connectivity index (χ2v) is 8.35. The molecular formula is C25H31N3O.